The van der Waals surface area contributed by atoms with Gasteiger partial charge in [0.15, 0.2) is 15.6 Å². The van der Waals surface area contributed by atoms with Crippen LogP contribution in [0.1, 0.15) is 34.8 Å². The second-order valence-electron chi connectivity index (χ2n) is 7.45. The normalized spacial score (nSPS) is 22.7. The molecule has 0 amide bonds. The van der Waals surface area contributed by atoms with Crippen LogP contribution in [-0.4, -0.2) is 49.0 Å². The highest BCUT2D eigenvalue weighted by Gasteiger charge is 2.33. The molecule has 6 nitrogen and oxygen atoms in total. The van der Waals surface area contributed by atoms with Gasteiger partial charge in [0.05, 0.1) is 22.6 Å². The molecular weight excluding hydrogens is 419 g/mol. The first-order valence-corrected chi connectivity index (χ1v) is 11.1. The second-order valence-corrected chi connectivity index (χ2v) is 9.68. The molecule has 4 rings (SSSR count). The van der Waals surface area contributed by atoms with E-state index in [4.69, 9.17) is 0 Å². The fourth-order valence-electron chi connectivity index (χ4n) is 3.65. The zero-order chi connectivity index (χ0) is 21.7. The molecule has 30 heavy (non-hydrogen) atoms. The molecule has 158 valence electrons. The molecule has 1 unspecified atom stereocenters. The van der Waals surface area contributed by atoms with Gasteiger partial charge in [0.2, 0.25) is 0 Å². The summed E-state index contributed by atoms with van der Waals surface area (Å²) in [4.78, 5) is 21.4. The summed E-state index contributed by atoms with van der Waals surface area (Å²) < 4.78 is 62.1. The summed E-state index contributed by atoms with van der Waals surface area (Å²) in [6, 6.07) is 3.62. The number of halogens is 3. The summed E-state index contributed by atoms with van der Waals surface area (Å²) >= 11 is 0. The smallest absolute Gasteiger partial charge is 0.366 e. The molecule has 0 bridgehead atoms. The molecule has 0 aliphatic carbocycles. The number of fused-ring (bicyclic) bond motifs is 1. The van der Waals surface area contributed by atoms with Crippen molar-refractivity contribution in [2.45, 2.75) is 31.6 Å². The van der Waals surface area contributed by atoms with Crippen molar-refractivity contribution in [3.8, 4) is 11.1 Å². The first kappa shape index (κ1) is 20.5. The van der Waals surface area contributed by atoms with Crippen molar-refractivity contribution >= 4 is 27.7 Å². The zero-order valence-corrected chi connectivity index (χ0v) is 16.7. The SMILES string of the molecule is C[C@@H]1N=Cc2c(-c3ccc(C(F)(F)F)cc3)cnc(NC3CCS(=O)(=O)C3)c2C1=O. The molecule has 0 spiro atoms. The minimum Gasteiger partial charge on any atom is -0.366 e. The van der Waals surface area contributed by atoms with E-state index >= 15 is 0 Å². The molecule has 1 N–H and O–H groups in total. The monoisotopic (exact) mass is 437 g/mol. The predicted molar refractivity (Wildman–Crippen MR) is 107 cm³/mol. The van der Waals surface area contributed by atoms with Crippen LogP contribution in [-0.2, 0) is 16.0 Å². The summed E-state index contributed by atoms with van der Waals surface area (Å²) in [5.41, 5.74) is 0.908. The van der Waals surface area contributed by atoms with Gasteiger partial charge in [-0.15, -0.1) is 0 Å². The van der Waals surface area contributed by atoms with E-state index in [-0.39, 0.29) is 34.7 Å². The number of nitrogens with zero attached hydrogens (tertiary/aromatic N) is 2. The summed E-state index contributed by atoms with van der Waals surface area (Å²) in [5, 5.41) is 3.06. The lowest BCUT2D eigenvalue weighted by Gasteiger charge is -2.22. The molecule has 2 aliphatic rings. The van der Waals surface area contributed by atoms with Crippen LogP contribution in [0.15, 0.2) is 35.5 Å². The number of hydrogen-bond donors (Lipinski definition) is 1. The topological polar surface area (TPSA) is 88.5 Å². The number of pyridine rings is 1. The van der Waals surface area contributed by atoms with Gasteiger partial charge in [0.25, 0.3) is 0 Å². The molecular formula is C20H18F3N3O3S. The summed E-state index contributed by atoms with van der Waals surface area (Å²) in [6.45, 7) is 1.64. The molecule has 1 saturated heterocycles. The fraction of sp³-hybridized carbons (Fsp3) is 0.350. The lowest BCUT2D eigenvalue weighted by Crippen LogP contribution is -2.28. The van der Waals surface area contributed by atoms with Crippen molar-refractivity contribution < 1.29 is 26.4 Å². The number of ketones is 1. The van der Waals surface area contributed by atoms with Gasteiger partial charge in [-0.1, -0.05) is 12.1 Å². The van der Waals surface area contributed by atoms with Gasteiger partial charge in [0, 0.05) is 29.6 Å². The minimum absolute atomic E-state index is 0.0397. The van der Waals surface area contributed by atoms with E-state index in [0.717, 1.165) is 12.1 Å². The molecule has 2 aromatic rings. The number of aliphatic imine (C=N–C) groups is 1. The van der Waals surface area contributed by atoms with Gasteiger partial charge >= 0.3 is 6.18 Å². The standard InChI is InChI=1S/C20H18F3N3O3S/c1-11-18(27)17-16(9-24-11)15(12-2-4-13(5-3-12)20(21,22)23)8-25-19(17)26-14-6-7-30(28,29)10-14/h2-5,8-9,11,14H,6-7,10H2,1H3,(H,25,26)/t11-,14?/m0/s1. The van der Waals surface area contributed by atoms with Crippen molar-refractivity contribution in [2.24, 2.45) is 4.99 Å². The van der Waals surface area contributed by atoms with Crippen LogP contribution in [0, 0.1) is 0 Å². The van der Waals surface area contributed by atoms with Crippen molar-refractivity contribution in [3.05, 3.63) is 47.2 Å². The Bertz CT molecular complexity index is 1140. The Morgan fingerprint density at radius 1 is 1.17 bits per heavy atom. The number of anilines is 1. The molecule has 2 atom stereocenters. The number of benzene rings is 1. The fourth-order valence-corrected chi connectivity index (χ4v) is 5.33. The summed E-state index contributed by atoms with van der Waals surface area (Å²) in [6.07, 6.45) is -1.05. The molecule has 2 aliphatic heterocycles. The average Bonchev–Trinajstić information content (AvgIpc) is 3.02. The first-order valence-electron chi connectivity index (χ1n) is 9.30. The summed E-state index contributed by atoms with van der Waals surface area (Å²) in [7, 11) is -3.12. The third-order valence-electron chi connectivity index (χ3n) is 5.27. The van der Waals surface area contributed by atoms with Gasteiger partial charge < -0.3 is 5.32 Å². The van der Waals surface area contributed by atoms with Gasteiger partial charge in [-0.3, -0.25) is 9.79 Å². The van der Waals surface area contributed by atoms with Crippen LogP contribution in [0.5, 0.6) is 0 Å². The van der Waals surface area contributed by atoms with Crippen molar-refractivity contribution in [1.82, 2.24) is 4.98 Å². The number of alkyl halides is 3. The van der Waals surface area contributed by atoms with E-state index in [1.165, 1.54) is 24.5 Å². The van der Waals surface area contributed by atoms with E-state index in [9.17, 15) is 26.4 Å². The maximum Gasteiger partial charge on any atom is 0.416 e. The van der Waals surface area contributed by atoms with Crippen molar-refractivity contribution in [3.63, 3.8) is 0 Å². The third-order valence-corrected chi connectivity index (χ3v) is 7.04. The molecule has 0 radical (unpaired) electrons. The molecule has 10 heteroatoms. The van der Waals surface area contributed by atoms with E-state index in [1.807, 2.05) is 0 Å². The number of sulfone groups is 1. The molecule has 3 heterocycles. The Kier molecular flexibility index (Phi) is 4.92. The van der Waals surface area contributed by atoms with Crippen LogP contribution in [0.3, 0.4) is 0 Å². The van der Waals surface area contributed by atoms with E-state index < -0.39 is 27.6 Å². The number of carbonyl (C=O) groups excluding carboxylic acids is 1. The highest BCUT2D eigenvalue weighted by Crippen LogP contribution is 2.35. The second kappa shape index (κ2) is 7.19. The van der Waals surface area contributed by atoms with Gasteiger partial charge in [0.1, 0.15) is 11.9 Å². The maximum absolute atomic E-state index is 12.9. The number of Topliss-reactive ketones (excluding diaryl/α,β-unsaturated/α-hetero) is 1. The van der Waals surface area contributed by atoms with E-state index in [2.05, 4.69) is 15.3 Å². The van der Waals surface area contributed by atoms with Crippen molar-refractivity contribution in [2.75, 3.05) is 16.8 Å². The Labute approximate surface area is 171 Å². The predicted octanol–water partition coefficient (Wildman–Crippen LogP) is 3.37. The van der Waals surface area contributed by atoms with Gasteiger partial charge in [-0.2, -0.15) is 13.2 Å². The minimum atomic E-state index is -4.45. The summed E-state index contributed by atoms with van der Waals surface area (Å²) in [5.74, 6) is 0.0208. The Hall–Kier alpha value is -2.75. The van der Waals surface area contributed by atoms with Crippen LogP contribution >= 0.6 is 0 Å². The van der Waals surface area contributed by atoms with Crippen LogP contribution in [0.2, 0.25) is 0 Å². The Morgan fingerprint density at radius 2 is 1.87 bits per heavy atom. The van der Waals surface area contributed by atoms with E-state index in [0.29, 0.717) is 23.1 Å². The number of aromatic nitrogens is 1. The Balaban J connectivity index is 1.76. The van der Waals surface area contributed by atoms with Crippen LogP contribution < -0.4 is 5.32 Å². The third kappa shape index (κ3) is 3.83. The Morgan fingerprint density at radius 3 is 2.47 bits per heavy atom. The molecule has 0 saturated carbocycles. The van der Waals surface area contributed by atoms with Crippen LogP contribution in [0.25, 0.3) is 11.1 Å². The molecule has 1 fully saturated rings. The zero-order valence-electron chi connectivity index (χ0n) is 15.9. The number of carbonyl (C=O) groups is 1. The number of rotatable bonds is 3. The van der Waals surface area contributed by atoms with Gasteiger partial charge in [-0.25, -0.2) is 13.4 Å². The highest BCUT2D eigenvalue weighted by molar-refractivity contribution is 7.91. The molecule has 1 aromatic heterocycles. The molecule has 1 aromatic carbocycles. The van der Waals surface area contributed by atoms with Gasteiger partial charge in [-0.05, 0) is 31.0 Å². The lowest BCUT2D eigenvalue weighted by molar-refractivity contribution is -0.137. The quantitative estimate of drug-likeness (QED) is 0.796. The van der Waals surface area contributed by atoms with Crippen LogP contribution in [0.4, 0.5) is 19.0 Å². The van der Waals surface area contributed by atoms with E-state index in [1.54, 1.807) is 6.92 Å². The first-order chi connectivity index (χ1) is 14.0. The number of hydrogen-bond acceptors (Lipinski definition) is 6. The largest absolute Gasteiger partial charge is 0.416 e. The average molecular weight is 437 g/mol. The lowest BCUT2D eigenvalue weighted by atomic mass is 9.91. The van der Waals surface area contributed by atoms with Crippen molar-refractivity contribution in [1.29, 1.82) is 0 Å². The highest BCUT2D eigenvalue weighted by atomic mass is 32.2. The number of nitrogens with one attached hydrogen (secondary N) is 1. The maximum atomic E-state index is 12.9.